The highest BCUT2D eigenvalue weighted by atomic mass is 32.1. The zero-order chi connectivity index (χ0) is 17.4. The van der Waals surface area contributed by atoms with E-state index in [-0.39, 0.29) is 0 Å². The molecule has 0 saturated heterocycles. The maximum Gasteiger partial charge on any atom is 0.122 e. The molecule has 1 N–H and O–H groups in total. The van der Waals surface area contributed by atoms with Crippen molar-refractivity contribution in [3.05, 3.63) is 47.5 Å². The third kappa shape index (κ3) is 5.34. The second-order valence-corrected chi connectivity index (χ2v) is 6.50. The number of aryl methyl sites for hydroxylation is 3. The maximum atomic E-state index is 5.50. The zero-order valence-corrected chi connectivity index (χ0v) is 15.7. The second kappa shape index (κ2) is 9.42. The molecule has 0 radical (unpaired) electrons. The van der Waals surface area contributed by atoms with Crippen molar-refractivity contribution in [2.75, 3.05) is 13.7 Å². The molecule has 0 saturated carbocycles. The number of thiocarbonyl (C=S) groups is 1. The maximum absolute atomic E-state index is 5.50. The molecule has 2 aromatic rings. The van der Waals surface area contributed by atoms with Crippen molar-refractivity contribution in [2.45, 2.75) is 46.1 Å². The van der Waals surface area contributed by atoms with Crippen LogP contribution >= 0.6 is 12.2 Å². The van der Waals surface area contributed by atoms with E-state index >= 15 is 0 Å². The number of nitrogens with zero attached hydrogens (tertiary/aromatic N) is 2. The number of aromatic nitrogens is 2. The van der Waals surface area contributed by atoms with Crippen molar-refractivity contribution in [1.29, 1.82) is 0 Å². The van der Waals surface area contributed by atoms with Gasteiger partial charge in [0, 0.05) is 31.4 Å². The number of ether oxygens (including phenoxy) is 1. The molecule has 0 atom stereocenters. The number of nitrogens with one attached hydrogen (secondary N) is 1. The van der Waals surface area contributed by atoms with E-state index in [1.54, 1.807) is 7.11 Å². The van der Waals surface area contributed by atoms with Gasteiger partial charge in [-0.25, -0.2) is 4.98 Å². The van der Waals surface area contributed by atoms with E-state index in [0.717, 1.165) is 49.5 Å². The summed E-state index contributed by atoms with van der Waals surface area (Å²) >= 11 is 5.47. The van der Waals surface area contributed by atoms with Crippen LogP contribution in [0.5, 0.6) is 5.75 Å². The van der Waals surface area contributed by atoms with Gasteiger partial charge in [-0.1, -0.05) is 37.7 Å². The topological polar surface area (TPSA) is 39.1 Å². The zero-order valence-electron chi connectivity index (χ0n) is 14.8. The molecule has 0 bridgehead atoms. The minimum absolute atomic E-state index is 0.752. The molecular weight excluding hydrogens is 318 g/mol. The third-order valence-corrected chi connectivity index (χ3v) is 4.34. The van der Waals surface area contributed by atoms with Crippen LogP contribution in [0.3, 0.4) is 0 Å². The summed E-state index contributed by atoms with van der Waals surface area (Å²) in [7, 11) is 1.73. The fourth-order valence-electron chi connectivity index (χ4n) is 2.72. The van der Waals surface area contributed by atoms with Gasteiger partial charge in [-0.05, 0) is 37.0 Å². The van der Waals surface area contributed by atoms with Gasteiger partial charge in [0.2, 0.25) is 0 Å². The molecule has 5 heteroatoms. The largest absolute Gasteiger partial charge is 0.496 e. The van der Waals surface area contributed by atoms with Crippen molar-refractivity contribution in [1.82, 2.24) is 14.9 Å². The Bertz CT molecular complexity index is 666. The number of benzene rings is 1. The Morgan fingerprint density at radius 2 is 2.21 bits per heavy atom. The average Bonchev–Trinajstić information content (AvgIpc) is 2.98. The van der Waals surface area contributed by atoms with E-state index in [1.165, 1.54) is 16.8 Å². The standard InChI is InChI=1S/C19H27N3OS/c1-4-6-17-8-7-16(11-18(17)23-3)12-19(24)21-9-5-10-22-14-20-13-15(22)2/h7-8,11,13-14H,4-6,9-10,12H2,1-3H3,(H,21,24). The molecule has 130 valence electrons. The van der Waals surface area contributed by atoms with Crippen LogP contribution in [-0.4, -0.2) is 28.2 Å². The number of rotatable bonds is 9. The van der Waals surface area contributed by atoms with Crippen molar-refractivity contribution < 1.29 is 4.74 Å². The number of hydrogen-bond donors (Lipinski definition) is 1. The average molecular weight is 346 g/mol. The summed E-state index contributed by atoms with van der Waals surface area (Å²) in [4.78, 5) is 5.01. The van der Waals surface area contributed by atoms with E-state index in [1.807, 2.05) is 12.5 Å². The molecule has 0 amide bonds. The van der Waals surface area contributed by atoms with Crippen molar-refractivity contribution in [2.24, 2.45) is 0 Å². The molecule has 1 heterocycles. The Morgan fingerprint density at radius 3 is 2.88 bits per heavy atom. The smallest absolute Gasteiger partial charge is 0.122 e. The normalized spacial score (nSPS) is 10.6. The van der Waals surface area contributed by atoms with Gasteiger partial charge in [-0.15, -0.1) is 0 Å². The first-order chi connectivity index (χ1) is 11.6. The highest BCUT2D eigenvalue weighted by Gasteiger charge is 2.06. The molecule has 0 fully saturated rings. The first kappa shape index (κ1) is 18.5. The molecule has 0 spiro atoms. The quantitative estimate of drug-likeness (QED) is 0.555. The Kier molecular flexibility index (Phi) is 7.25. The van der Waals surface area contributed by atoms with Gasteiger partial charge in [-0.2, -0.15) is 0 Å². The van der Waals surface area contributed by atoms with E-state index in [2.05, 4.69) is 46.9 Å². The molecular formula is C19H27N3OS. The van der Waals surface area contributed by atoms with Crippen LogP contribution in [0.25, 0.3) is 0 Å². The number of methoxy groups -OCH3 is 1. The Labute approximate surface area is 150 Å². The lowest BCUT2D eigenvalue weighted by Crippen LogP contribution is -2.25. The summed E-state index contributed by atoms with van der Waals surface area (Å²) in [5, 5.41) is 3.35. The molecule has 0 aliphatic carbocycles. The molecule has 1 aromatic heterocycles. The van der Waals surface area contributed by atoms with Crippen molar-refractivity contribution in [3.8, 4) is 5.75 Å². The molecule has 4 nitrogen and oxygen atoms in total. The van der Waals surface area contributed by atoms with Crippen molar-refractivity contribution in [3.63, 3.8) is 0 Å². The summed E-state index contributed by atoms with van der Waals surface area (Å²) in [6.45, 7) is 6.08. The lowest BCUT2D eigenvalue weighted by molar-refractivity contribution is 0.409. The van der Waals surface area contributed by atoms with Gasteiger partial charge in [0.05, 0.1) is 18.4 Å². The lowest BCUT2D eigenvalue weighted by Gasteiger charge is -2.12. The van der Waals surface area contributed by atoms with Crippen LogP contribution in [0.2, 0.25) is 0 Å². The monoisotopic (exact) mass is 345 g/mol. The third-order valence-electron chi connectivity index (χ3n) is 4.05. The molecule has 0 aliphatic heterocycles. The lowest BCUT2D eigenvalue weighted by atomic mass is 10.0. The van der Waals surface area contributed by atoms with Crippen LogP contribution in [0.15, 0.2) is 30.7 Å². The van der Waals surface area contributed by atoms with Gasteiger partial charge < -0.3 is 14.6 Å². The Balaban J connectivity index is 1.78. The Morgan fingerprint density at radius 1 is 1.38 bits per heavy atom. The van der Waals surface area contributed by atoms with E-state index < -0.39 is 0 Å². The fraction of sp³-hybridized carbons (Fsp3) is 0.474. The van der Waals surface area contributed by atoms with Gasteiger partial charge in [-0.3, -0.25) is 0 Å². The van der Waals surface area contributed by atoms with Gasteiger partial charge in [0.1, 0.15) is 5.75 Å². The minimum Gasteiger partial charge on any atom is -0.496 e. The summed E-state index contributed by atoms with van der Waals surface area (Å²) in [5.74, 6) is 0.965. The first-order valence-corrected chi connectivity index (χ1v) is 8.94. The highest BCUT2D eigenvalue weighted by molar-refractivity contribution is 7.80. The molecule has 0 unspecified atom stereocenters. The SMILES string of the molecule is CCCc1ccc(CC(=S)NCCCn2cncc2C)cc1OC. The summed E-state index contributed by atoms with van der Waals surface area (Å²) in [5.41, 5.74) is 3.64. The van der Waals surface area contributed by atoms with Gasteiger partial charge >= 0.3 is 0 Å². The van der Waals surface area contributed by atoms with E-state index in [0.29, 0.717) is 0 Å². The van der Waals surface area contributed by atoms with Crippen LogP contribution in [-0.2, 0) is 19.4 Å². The van der Waals surface area contributed by atoms with Gasteiger partial charge in [0.25, 0.3) is 0 Å². The van der Waals surface area contributed by atoms with Crippen LogP contribution < -0.4 is 10.1 Å². The van der Waals surface area contributed by atoms with E-state index in [9.17, 15) is 0 Å². The van der Waals surface area contributed by atoms with Crippen LogP contribution in [0, 0.1) is 6.92 Å². The fourth-order valence-corrected chi connectivity index (χ4v) is 2.99. The summed E-state index contributed by atoms with van der Waals surface area (Å²) in [6.07, 6.45) is 7.69. The highest BCUT2D eigenvalue weighted by Crippen LogP contribution is 2.22. The number of hydrogen-bond acceptors (Lipinski definition) is 3. The predicted molar refractivity (Wildman–Crippen MR) is 103 cm³/mol. The number of imidazole rings is 1. The summed E-state index contributed by atoms with van der Waals surface area (Å²) < 4.78 is 7.65. The second-order valence-electron chi connectivity index (χ2n) is 6.00. The Hall–Kier alpha value is -1.88. The molecule has 2 rings (SSSR count). The van der Waals surface area contributed by atoms with Crippen LogP contribution in [0.4, 0.5) is 0 Å². The van der Waals surface area contributed by atoms with E-state index in [4.69, 9.17) is 17.0 Å². The molecule has 1 aromatic carbocycles. The van der Waals surface area contributed by atoms with Crippen LogP contribution in [0.1, 0.15) is 36.6 Å². The molecule has 0 aliphatic rings. The first-order valence-electron chi connectivity index (χ1n) is 8.53. The predicted octanol–water partition coefficient (Wildman–Crippen LogP) is 3.70. The molecule has 24 heavy (non-hydrogen) atoms. The van der Waals surface area contributed by atoms with Gasteiger partial charge in [0.15, 0.2) is 0 Å². The summed E-state index contributed by atoms with van der Waals surface area (Å²) in [6, 6.07) is 6.41. The van der Waals surface area contributed by atoms with Crippen molar-refractivity contribution >= 4 is 17.2 Å². The minimum atomic E-state index is 0.752.